The molecule has 0 unspecified atom stereocenters. The summed E-state index contributed by atoms with van der Waals surface area (Å²) in [7, 11) is -6.00. The topological polar surface area (TPSA) is 8.81 Å². The van der Waals surface area contributed by atoms with E-state index >= 15 is 0 Å². The predicted molar refractivity (Wildman–Crippen MR) is 77.4 cm³/mol. The molecule has 0 radical (unpaired) electrons. The third-order valence-corrected chi connectivity index (χ3v) is 2.89. The monoisotopic (exact) mass is 344 g/mol. The van der Waals surface area contributed by atoms with E-state index in [0.717, 1.165) is 0 Å². The van der Waals surface area contributed by atoms with E-state index in [1.807, 2.05) is 12.1 Å². The van der Waals surface area contributed by atoms with Gasteiger partial charge in [0.25, 0.3) is 6.33 Å². The van der Waals surface area contributed by atoms with Gasteiger partial charge in [-0.25, -0.2) is 0 Å². The first kappa shape index (κ1) is 17.6. The average molecular weight is 344 g/mol. The number of rotatable bonds is 2. The molecular formula is C15H11BF6N2. The number of halogens is 6. The van der Waals surface area contributed by atoms with Crippen molar-refractivity contribution in [1.82, 2.24) is 4.57 Å². The van der Waals surface area contributed by atoms with E-state index in [0.29, 0.717) is 11.4 Å². The van der Waals surface area contributed by atoms with Crippen molar-refractivity contribution in [1.29, 1.82) is 0 Å². The molecule has 2 aromatic carbocycles. The molecule has 0 saturated heterocycles. The van der Waals surface area contributed by atoms with Crippen LogP contribution in [0.5, 0.6) is 0 Å². The second-order valence-corrected chi connectivity index (χ2v) is 4.60. The van der Waals surface area contributed by atoms with Gasteiger partial charge in [-0.1, -0.05) is 36.4 Å². The van der Waals surface area contributed by atoms with Crippen LogP contribution in [0.15, 0.2) is 67.0 Å². The molecule has 9 heteroatoms. The molecule has 3 rings (SSSR count). The van der Waals surface area contributed by atoms with Gasteiger partial charge in [-0.3, -0.25) is 0 Å². The zero-order chi connectivity index (χ0) is 17.7. The molecule has 0 saturated carbocycles. The van der Waals surface area contributed by atoms with E-state index in [2.05, 4.69) is 0 Å². The Balaban J connectivity index is 0.000000368. The number of hydrogen-bond acceptors (Lipinski definition) is 0. The lowest BCUT2D eigenvalue weighted by Crippen LogP contribution is -2.32. The molecule has 0 atom stereocenters. The Morgan fingerprint density at radius 1 is 0.750 bits per heavy atom. The highest BCUT2D eigenvalue weighted by molar-refractivity contribution is 6.50. The van der Waals surface area contributed by atoms with E-state index in [1.165, 1.54) is 15.5 Å². The lowest BCUT2D eigenvalue weighted by Gasteiger charge is -1.94. The maximum absolute atomic E-state index is 14.0. The summed E-state index contributed by atoms with van der Waals surface area (Å²) in [6.45, 7) is 0. The number of nitrogens with zero attached hydrogens (tertiary/aromatic N) is 2. The van der Waals surface area contributed by atoms with Crippen LogP contribution < -0.4 is 4.57 Å². The van der Waals surface area contributed by atoms with Crippen LogP contribution in [-0.2, 0) is 0 Å². The first-order chi connectivity index (χ1) is 11.3. The van der Waals surface area contributed by atoms with Crippen molar-refractivity contribution < 1.29 is 30.6 Å². The molecule has 0 amide bonds. The summed E-state index contributed by atoms with van der Waals surface area (Å²) in [5.74, 6) is -1.81. The van der Waals surface area contributed by atoms with Crippen LogP contribution >= 0.6 is 0 Å². The van der Waals surface area contributed by atoms with Gasteiger partial charge in [0.05, 0.1) is 0 Å². The van der Waals surface area contributed by atoms with Gasteiger partial charge >= 0.3 is 19.1 Å². The lowest BCUT2D eigenvalue weighted by atomic mass is 10.3. The summed E-state index contributed by atoms with van der Waals surface area (Å²) in [6, 6.07) is 17.6. The summed E-state index contributed by atoms with van der Waals surface area (Å²) in [5, 5.41) is 0. The highest BCUT2D eigenvalue weighted by Crippen LogP contribution is 2.13. The molecule has 0 aliphatic rings. The Morgan fingerprint density at radius 3 is 1.71 bits per heavy atom. The summed E-state index contributed by atoms with van der Waals surface area (Å²) >= 11 is 0. The Morgan fingerprint density at radius 2 is 1.21 bits per heavy atom. The predicted octanol–water partition coefficient (Wildman–Crippen LogP) is 4.33. The second kappa shape index (κ2) is 7.24. The average Bonchev–Trinajstić information content (AvgIpc) is 2.84. The molecule has 0 bridgehead atoms. The van der Waals surface area contributed by atoms with Crippen molar-refractivity contribution >= 4 is 7.25 Å². The molecular weight excluding hydrogens is 333 g/mol. The highest BCUT2D eigenvalue weighted by Gasteiger charge is 2.25. The Bertz CT molecular complexity index is 721. The molecule has 0 fully saturated rings. The normalized spacial score (nSPS) is 10.9. The van der Waals surface area contributed by atoms with Gasteiger partial charge in [0.2, 0.25) is 0 Å². The summed E-state index contributed by atoms with van der Waals surface area (Å²) in [5.41, 5.74) is 1.15. The van der Waals surface area contributed by atoms with E-state index in [9.17, 15) is 26.0 Å². The SMILES string of the molecule is F[B-](F)(F)F.Fc1c(F)[n+](-c2ccccc2)cn1-c1ccccc1. The van der Waals surface area contributed by atoms with Crippen molar-refractivity contribution in [3.63, 3.8) is 0 Å². The molecule has 1 aromatic heterocycles. The van der Waals surface area contributed by atoms with Gasteiger partial charge in [-0.05, 0) is 24.3 Å². The summed E-state index contributed by atoms with van der Waals surface area (Å²) in [4.78, 5) is 0. The molecule has 0 aliphatic heterocycles. The van der Waals surface area contributed by atoms with Gasteiger partial charge in [-0.15, -0.1) is 0 Å². The Labute approximate surface area is 133 Å². The van der Waals surface area contributed by atoms with Crippen LogP contribution in [0.1, 0.15) is 0 Å². The van der Waals surface area contributed by atoms with Crippen molar-refractivity contribution in [2.75, 3.05) is 0 Å². The maximum atomic E-state index is 14.0. The molecule has 24 heavy (non-hydrogen) atoms. The number of hydrogen-bond donors (Lipinski definition) is 0. The van der Waals surface area contributed by atoms with Gasteiger partial charge in [0.15, 0.2) is 0 Å². The Kier molecular flexibility index (Phi) is 5.33. The minimum atomic E-state index is -6.00. The number of para-hydroxylation sites is 2. The minimum Gasteiger partial charge on any atom is -0.418 e. The van der Waals surface area contributed by atoms with Gasteiger partial charge in [0.1, 0.15) is 11.4 Å². The van der Waals surface area contributed by atoms with Crippen LogP contribution in [0.4, 0.5) is 26.0 Å². The van der Waals surface area contributed by atoms with Crippen molar-refractivity contribution in [3.05, 3.63) is 78.9 Å². The zero-order valence-electron chi connectivity index (χ0n) is 12.1. The van der Waals surface area contributed by atoms with Gasteiger partial charge in [0, 0.05) is 0 Å². The molecule has 0 aliphatic carbocycles. The summed E-state index contributed by atoms with van der Waals surface area (Å²) in [6.07, 6.45) is 1.40. The van der Waals surface area contributed by atoms with Crippen molar-refractivity contribution in [3.8, 4) is 11.4 Å². The first-order valence-corrected chi connectivity index (χ1v) is 6.73. The smallest absolute Gasteiger partial charge is 0.418 e. The fourth-order valence-corrected chi connectivity index (χ4v) is 1.95. The van der Waals surface area contributed by atoms with Gasteiger partial charge in [-0.2, -0.15) is 17.9 Å². The third kappa shape index (κ3) is 4.64. The lowest BCUT2D eigenvalue weighted by molar-refractivity contribution is -0.627. The zero-order valence-corrected chi connectivity index (χ0v) is 12.1. The number of aromatic nitrogens is 2. The van der Waals surface area contributed by atoms with E-state index in [4.69, 9.17) is 0 Å². The number of benzene rings is 2. The standard InChI is InChI=1S/C15H11F2N2.BF4/c16-14-15(17)19(13-9-5-2-6-10-13)11-18(14)12-7-3-1-4-8-12;2-1(3,4)5/h1-11H;/q+1;-1. The van der Waals surface area contributed by atoms with Gasteiger partial charge < -0.3 is 17.3 Å². The largest absolute Gasteiger partial charge is 0.673 e. The molecule has 0 spiro atoms. The van der Waals surface area contributed by atoms with Crippen LogP contribution in [0.2, 0.25) is 0 Å². The van der Waals surface area contributed by atoms with Crippen LogP contribution in [0.3, 0.4) is 0 Å². The van der Waals surface area contributed by atoms with Crippen molar-refractivity contribution in [2.45, 2.75) is 0 Å². The van der Waals surface area contributed by atoms with E-state index in [-0.39, 0.29) is 0 Å². The van der Waals surface area contributed by atoms with Crippen LogP contribution in [0, 0.1) is 11.9 Å². The second-order valence-electron chi connectivity index (χ2n) is 4.60. The highest BCUT2D eigenvalue weighted by atomic mass is 19.5. The quantitative estimate of drug-likeness (QED) is 0.372. The number of imidazole rings is 1. The molecule has 2 nitrogen and oxygen atoms in total. The fraction of sp³-hybridized carbons (Fsp3) is 0. The van der Waals surface area contributed by atoms with Crippen LogP contribution in [0.25, 0.3) is 11.4 Å². The van der Waals surface area contributed by atoms with Crippen LogP contribution in [-0.4, -0.2) is 11.8 Å². The molecule has 1 heterocycles. The van der Waals surface area contributed by atoms with Crippen molar-refractivity contribution in [2.24, 2.45) is 0 Å². The van der Waals surface area contributed by atoms with E-state index < -0.39 is 19.1 Å². The molecule has 0 N–H and O–H groups in total. The fourth-order valence-electron chi connectivity index (χ4n) is 1.95. The first-order valence-electron chi connectivity index (χ1n) is 6.73. The minimum absolute atomic E-state index is 0.577. The third-order valence-electron chi connectivity index (χ3n) is 2.89. The maximum Gasteiger partial charge on any atom is 0.673 e. The van der Waals surface area contributed by atoms with E-state index in [1.54, 1.807) is 48.5 Å². The Hall–Kier alpha value is -2.71. The molecule has 3 aromatic rings. The summed E-state index contributed by atoms with van der Waals surface area (Å²) < 4.78 is 69.3. The molecule has 126 valence electrons.